The van der Waals surface area contributed by atoms with Gasteiger partial charge in [0.05, 0.1) is 6.54 Å². The highest BCUT2D eigenvalue weighted by Crippen LogP contribution is 2.32. The lowest BCUT2D eigenvalue weighted by molar-refractivity contribution is -0.118. The highest BCUT2D eigenvalue weighted by atomic mass is 32.2. The van der Waals surface area contributed by atoms with Crippen molar-refractivity contribution in [3.05, 3.63) is 29.1 Å². The van der Waals surface area contributed by atoms with Crippen LogP contribution in [-0.2, 0) is 4.79 Å². The Kier molecular flexibility index (Phi) is 5.30. The molecule has 0 saturated carbocycles. The smallest absolute Gasteiger partial charge is 0.200 e. The molecule has 1 aromatic rings. The standard InChI is InChI=1S/C11H10F5NOS/c1-3-5(18)4-17(2)19-11-9(15)7(13)6(12)8(14)10(11)16/h3-4H2,1-2H3. The number of hydrogen-bond acceptors (Lipinski definition) is 3. The van der Waals surface area contributed by atoms with E-state index in [2.05, 4.69) is 0 Å². The maximum atomic E-state index is 13.3. The van der Waals surface area contributed by atoms with E-state index in [1.165, 1.54) is 7.05 Å². The molecule has 0 saturated heterocycles. The van der Waals surface area contributed by atoms with Gasteiger partial charge in [0, 0.05) is 6.42 Å². The Morgan fingerprint density at radius 1 is 1.00 bits per heavy atom. The predicted octanol–water partition coefficient (Wildman–Crippen LogP) is 3.30. The lowest BCUT2D eigenvalue weighted by atomic mass is 10.3. The summed E-state index contributed by atoms with van der Waals surface area (Å²) in [5.74, 6) is -10.2. The normalized spacial score (nSPS) is 11.2. The molecule has 0 unspecified atom stereocenters. The summed E-state index contributed by atoms with van der Waals surface area (Å²) in [6, 6.07) is 0. The first kappa shape index (κ1) is 15.9. The largest absolute Gasteiger partial charge is 0.298 e. The quantitative estimate of drug-likeness (QED) is 0.360. The zero-order chi connectivity index (χ0) is 14.7. The average Bonchev–Trinajstić information content (AvgIpc) is 2.39. The Bertz CT molecular complexity index is 479. The van der Waals surface area contributed by atoms with Gasteiger partial charge < -0.3 is 0 Å². The summed E-state index contributed by atoms with van der Waals surface area (Å²) >= 11 is 0.293. The van der Waals surface area contributed by atoms with Crippen LogP contribution in [-0.4, -0.2) is 23.7 Å². The van der Waals surface area contributed by atoms with Crippen LogP contribution in [0.2, 0.25) is 0 Å². The summed E-state index contributed by atoms with van der Waals surface area (Å²) in [6.45, 7) is 1.43. The highest BCUT2D eigenvalue weighted by molar-refractivity contribution is 7.97. The van der Waals surface area contributed by atoms with Crippen LogP contribution in [0.25, 0.3) is 0 Å². The van der Waals surface area contributed by atoms with Gasteiger partial charge in [-0.1, -0.05) is 6.92 Å². The molecular formula is C11H10F5NOS. The van der Waals surface area contributed by atoms with Crippen molar-refractivity contribution in [3.8, 4) is 0 Å². The Morgan fingerprint density at radius 2 is 1.42 bits per heavy atom. The van der Waals surface area contributed by atoms with Gasteiger partial charge in [0.25, 0.3) is 0 Å². The number of carbonyl (C=O) groups is 1. The molecule has 2 nitrogen and oxygen atoms in total. The number of rotatable bonds is 5. The minimum absolute atomic E-state index is 0.166. The molecule has 1 rings (SSSR count). The molecule has 0 bridgehead atoms. The maximum Gasteiger partial charge on any atom is 0.200 e. The van der Waals surface area contributed by atoms with Crippen molar-refractivity contribution in [2.75, 3.05) is 13.6 Å². The van der Waals surface area contributed by atoms with Gasteiger partial charge in [-0.15, -0.1) is 0 Å². The average molecular weight is 299 g/mol. The first-order chi connectivity index (χ1) is 8.79. The number of ketones is 1. The van der Waals surface area contributed by atoms with Gasteiger partial charge in [-0.25, -0.2) is 26.3 Å². The molecule has 0 atom stereocenters. The molecule has 8 heteroatoms. The van der Waals surface area contributed by atoms with Gasteiger partial charge in [0.2, 0.25) is 5.82 Å². The van der Waals surface area contributed by atoms with Gasteiger partial charge >= 0.3 is 0 Å². The van der Waals surface area contributed by atoms with Crippen molar-refractivity contribution in [3.63, 3.8) is 0 Å². The van der Waals surface area contributed by atoms with Crippen LogP contribution in [0.4, 0.5) is 22.0 Å². The zero-order valence-corrected chi connectivity index (χ0v) is 10.9. The van der Waals surface area contributed by atoms with Gasteiger partial charge in [-0.2, -0.15) is 0 Å². The fourth-order valence-electron chi connectivity index (χ4n) is 1.21. The van der Waals surface area contributed by atoms with Crippen molar-refractivity contribution in [1.29, 1.82) is 0 Å². The van der Waals surface area contributed by atoms with Gasteiger partial charge in [0.15, 0.2) is 23.3 Å². The summed E-state index contributed by atoms with van der Waals surface area (Å²) in [5.41, 5.74) is 0. The third-order valence-corrected chi connectivity index (χ3v) is 3.19. The number of hydrogen-bond donors (Lipinski definition) is 0. The zero-order valence-electron chi connectivity index (χ0n) is 10.1. The Balaban J connectivity index is 3.05. The van der Waals surface area contributed by atoms with Gasteiger partial charge in [0.1, 0.15) is 10.7 Å². The summed E-state index contributed by atoms with van der Waals surface area (Å²) in [7, 11) is 1.32. The van der Waals surface area contributed by atoms with Crippen molar-refractivity contribution in [2.24, 2.45) is 0 Å². The number of Topliss-reactive ketones (excluding diaryl/α,β-unsaturated/α-hetero) is 1. The van der Waals surface area contributed by atoms with Crippen molar-refractivity contribution < 1.29 is 26.7 Å². The SMILES string of the molecule is CCC(=O)CN(C)Sc1c(F)c(F)c(F)c(F)c1F. The Labute approximate surface area is 110 Å². The lowest BCUT2D eigenvalue weighted by Gasteiger charge is -2.15. The fraction of sp³-hybridized carbons (Fsp3) is 0.364. The van der Waals surface area contributed by atoms with Crippen LogP contribution in [0.3, 0.4) is 0 Å². The van der Waals surface area contributed by atoms with Crippen LogP contribution >= 0.6 is 11.9 Å². The number of nitrogens with zero attached hydrogens (tertiary/aromatic N) is 1. The summed E-state index contributed by atoms with van der Waals surface area (Å²) in [4.78, 5) is 10.1. The van der Waals surface area contributed by atoms with E-state index in [0.717, 1.165) is 4.31 Å². The molecule has 0 radical (unpaired) electrons. The van der Waals surface area contributed by atoms with Crippen LogP contribution < -0.4 is 0 Å². The van der Waals surface area contributed by atoms with Crippen LogP contribution in [0.15, 0.2) is 4.90 Å². The van der Waals surface area contributed by atoms with E-state index in [0.29, 0.717) is 11.9 Å². The number of carbonyl (C=O) groups excluding carboxylic acids is 1. The molecule has 0 fully saturated rings. The Hall–Kier alpha value is -1.15. The van der Waals surface area contributed by atoms with Gasteiger partial charge in [-0.05, 0) is 19.0 Å². The van der Waals surface area contributed by atoms with E-state index in [-0.39, 0.29) is 18.7 Å². The third-order valence-electron chi connectivity index (χ3n) is 2.21. The van der Waals surface area contributed by atoms with E-state index >= 15 is 0 Å². The maximum absolute atomic E-state index is 13.3. The first-order valence-corrected chi connectivity index (χ1v) is 5.99. The molecule has 0 aliphatic carbocycles. The molecule has 0 N–H and O–H groups in total. The minimum atomic E-state index is -2.20. The van der Waals surface area contributed by atoms with E-state index in [4.69, 9.17) is 0 Å². The topological polar surface area (TPSA) is 20.3 Å². The van der Waals surface area contributed by atoms with Crippen molar-refractivity contribution in [2.45, 2.75) is 18.2 Å². The van der Waals surface area contributed by atoms with Gasteiger partial charge in [-0.3, -0.25) is 4.79 Å². The molecule has 0 aliphatic rings. The van der Waals surface area contributed by atoms with E-state index < -0.39 is 34.0 Å². The van der Waals surface area contributed by atoms with Crippen molar-refractivity contribution in [1.82, 2.24) is 4.31 Å². The molecule has 0 amide bonds. The number of likely N-dealkylation sites (N-methyl/N-ethyl adjacent to an activating group) is 1. The van der Waals surface area contributed by atoms with E-state index in [9.17, 15) is 26.7 Å². The summed E-state index contributed by atoms with van der Waals surface area (Å²) in [6.07, 6.45) is 0.210. The van der Waals surface area contributed by atoms with E-state index in [1.807, 2.05) is 0 Å². The molecule has 106 valence electrons. The highest BCUT2D eigenvalue weighted by Gasteiger charge is 2.27. The second-order valence-corrected chi connectivity index (χ2v) is 4.88. The third kappa shape index (κ3) is 3.44. The summed E-state index contributed by atoms with van der Waals surface area (Å²) < 4.78 is 66.4. The second-order valence-electron chi connectivity index (χ2n) is 3.67. The van der Waals surface area contributed by atoms with Crippen LogP contribution in [0, 0.1) is 29.1 Å². The minimum Gasteiger partial charge on any atom is -0.298 e. The summed E-state index contributed by atoms with van der Waals surface area (Å²) in [5, 5.41) is 0. The number of benzene rings is 1. The lowest BCUT2D eigenvalue weighted by Crippen LogP contribution is -2.20. The second kappa shape index (κ2) is 6.33. The molecule has 0 aromatic heterocycles. The molecular weight excluding hydrogens is 289 g/mol. The van der Waals surface area contributed by atoms with Crippen LogP contribution in [0.1, 0.15) is 13.3 Å². The Morgan fingerprint density at radius 3 is 1.84 bits per heavy atom. The fourth-order valence-corrected chi connectivity index (χ4v) is 2.07. The monoisotopic (exact) mass is 299 g/mol. The molecule has 19 heavy (non-hydrogen) atoms. The molecule has 0 spiro atoms. The van der Waals surface area contributed by atoms with Crippen molar-refractivity contribution >= 4 is 17.7 Å². The molecule has 1 aromatic carbocycles. The number of halogens is 5. The molecule has 0 heterocycles. The first-order valence-electron chi connectivity index (χ1n) is 5.21. The molecule has 0 aliphatic heterocycles. The van der Waals surface area contributed by atoms with E-state index in [1.54, 1.807) is 6.92 Å². The predicted molar refractivity (Wildman–Crippen MR) is 60.0 cm³/mol. The van der Waals surface area contributed by atoms with Crippen LogP contribution in [0.5, 0.6) is 0 Å².